The van der Waals surface area contributed by atoms with Gasteiger partial charge in [0, 0.05) is 26.2 Å². The highest BCUT2D eigenvalue weighted by atomic mass is 16.4. The lowest BCUT2D eigenvalue weighted by Gasteiger charge is -2.32. The highest BCUT2D eigenvalue weighted by Crippen LogP contribution is 2.43. The summed E-state index contributed by atoms with van der Waals surface area (Å²) >= 11 is 0. The Morgan fingerprint density at radius 3 is 2.11 bits per heavy atom. The molecule has 0 bridgehead atoms. The summed E-state index contributed by atoms with van der Waals surface area (Å²) in [5.41, 5.74) is 2.70. The topological polar surface area (TPSA) is 72.9 Å². The van der Waals surface area contributed by atoms with Gasteiger partial charge in [-0.3, -0.25) is 14.6 Å². The van der Waals surface area contributed by atoms with Crippen LogP contribution in [-0.4, -0.2) is 59.1 Å². The minimum Gasteiger partial charge on any atom is -0.465 e. The van der Waals surface area contributed by atoms with E-state index in [-0.39, 0.29) is 29.3 Å². The van der Waals surface area contributed by atoms with E-state index in [0.717, 1.165) is 32.4 Å². The zero-order chi connectivity index (χ0) is 27.4. The molecular formula is C32H45N3O3. The van der Waals surface area contributed by atoms with Crippen LogP contribution in [0.5, 0.6) is 0 Å². The minimum atomic E-state index is -1.06. The van der Waals surface area contributed by atoms with E-state index in [1.165, 1.54) is 23.1 Å². The number of likely N-dealkylation sites (tertiary alicyclic amines) is 1. The van der Waals surface area contributed by atoms with Gasteiger partial charge in [0.15, 0.2) is 0 Å². The maximum atomic E-state index is 13.6. The number of nitrogens with zero attached hydrogens (tertiary/aromatic N) is 2. The summed E-state index contributed by atoms with van der Waals surface area (Å²) in [5.74, 6) is 0.994. The van der Waals surface area contributed by atoms with Gasteiger partial charge in [0.2, 0.25) is 5.91 Å². The number of hydrogen-bond donors (Lipinski definition) is 2. The Hall–Kier alpha value is -2.86. The molecule has 1 saturated carbocycles. The molecule has 1 aliphatic carbocycles. The Morgan fingerprint density at radius 1 is 1.00 bits per heavy atom. The van der Waals surface area contributed by atoms with Gasteiger partial charge < -0.3 is 10.4 Å². The van der Waals surface area contributed by atoms with Gasteiger partial charge in [-0.1, -0.05) is 88.4 Å². The zero-order valence-corrected chi connectivity index (χ0v) is 23.6. The van der Waals surface area contributed by atoms with Gasteiger partial charge in [-0.15, -0.1) is 0 Å². The van der Waals surface area contributed by atoms with Crippen molar-refractivity contribution in [3.05, 3.63) is 71.8 Å². The molecule has 2 N–H and O–H groups in total. The van der Waals surface area contributed by atoms with Crippen LogP contribution in [0.3, 0.4) is 0 Å². The molecule has 38 heavy (non-hydrogen) atoms. The predicted octanol–water partition coefficient (Wildman–Crippen LogP) is 6.04. The van der Waals surface area contributed by atoms with Gasteiger partial charge in [-0.25, -0.2) is 4.79 Å². The summed E-state index contributed by atoms with van der Waals surface area (Å²) in [6.45, 7) is 10.6. The minimum absolute atomic E-state index is 0.0762. The fourth-order valence-electron chi connectivity index (χ4n) is 6.94. The molecule has 2 amide bonds. The molecule has 2 aromatic carbocycles. The van der Waals surface area contributed by atoms with Gasteiger partial charge in [0.05, 0.1) is 6.04 Å². The van der Waals surface area contributed by atoms with Crippen molar-refractivity contribution in [1.82, 2.24) is 15.1 Å². The number of benzene rings is 2. The largest absolute Gasteiger partial charge is 0.465 e. The van der Waals surface area contributed by atoms with Crippen molar-refractivity contribution < 1.29 is 14.7 Å². The second-order valence-corrected chi connectivity index (χ2v) is 12.8. The van der Waals surface area contributed by atoms with E-state index in [1.807, 2.05) is 0 Å². The number of carbonyl (C=O) groups excluding carboxylic acids is 1. The van der Waals surface area contributed by atoms with Crippen LogP contribution >= 0.6 is 0 Å². The molecule has 0 aromatic heterocycles. The molecule has 1 saturated heterocycles. The summed E-state index contributed by atoms with van der Waals surface area (Å²) in [5, 5.41) is 13.0. The summed E-state index contributed by atoms with van der Waals surface area (Å²) < 4.78 is 0. The first kappa shape index (κ1) is 28.2. The molecule has 2 aliphatic rings. The number of carboxylic acid groups (broad SMARTS) is 1. The van der Waals surface area contributed by atoms with E-state index in [9.17, 15) is 14.7 Å². The number of amides is 2. The summed E-state index contributed by atoms with van der Waals surface area (Å²) in [7, 11) is 1.52. The van der Waals surface area contributed by atoms with Gasteiger partial charge in [0.1, 0.15) is 6.04 Å². The number of carbonyl (C=O) groups is 2. The number of rotatable bonds is 9. The summed E-state index contributed by atoms with van der Waals surface area (Å²) in [6.07, 6.45) is 2.45. The number of nitrogens with one attached hydrogen (secondary N) is 1. The van der Waals surface area contributed by atoms with Crippen molar-refractivity contribution in [3.8, 4) is 0 Å². The van der Waals surface area contributed by atoms with Crippen LogP contribution < -0.4 is 5.32 Å². The van der Waals surface area contributed by atoms with Gasteiger partial charge in [0.25, 0.3) is 0 Å². The van der Waals surface area contributed by atoms with Gasteiger partial charge in [-0.05, 0) is 60.0 Å². The van der Waals surface area contributed by atoms with Crippen LogP contribution in [0.25, 0.3) is 0 Å². The highest BCUT2D eigenvalue weighted by molar-refractivity contribution is 5.85. The molecule has 6 nitrogen and oxygen atoms in total. The fourth-order valence-corrected chi connectivity index (χ4v) is 6.94. The predicted molar refractivity (Wildman–Crippen MR) is 152 cm³/mol. The van der Waals surface area contributed by atoms with Crippen LogP contribution in [-0.2, 0) is 4.79 Å². The smallest absolute Gasteiger partial charge is 0.407 e. The highest BCUT2D eigenvalue weighted by Gasteiger charge is 2.46. The molecule has 2 aromatic rings. The molecule has 6 heteroatoms. The molecule has 0 spiro atoms. The van der Waals surface area contributed by atoms with Crippen molar-refractivity contribution in [3.63, 3.8) is 0 Å². The second kappa shape index (κ2) is 11.9. The molecule has 1 aliphatic heterocycles. The monoisotopic (exact) mass is 519 g/mol. The Morgan fingerprint density at radius 2 is 1.58 bits per heavy atom. The average molecular weight is 520 g/mol. The molecule has 1 heterocycles. The summed E-state index contributed by atoms with van der Waals surface area (Å²) in [6, 6.07) is 20.9. The first-order valence-electron chi connectivity index (χ1n) is 14.1. The van der Waals surface area contributed by atoms with E-state index < -0.39 is 12.1 Å². The Bertz CT molecular complexity index is 1030. The Labute approximate surface area is 228 Å². The molecule has 2 fully saturated rings. The van der Waals surface area contributed by atoms with Crippen molar-refractivity contribution >= 4 is 12.0 Å². The van der Waals surface area contributed by atoms with Crippen molar-refractivity contribution in [2.75, 3.05) is 20.1 Å². The molecule has 5 atom stereocenters. The van der Waals surface area contributed by atoms with E-state index >= 15 is 0 Å². The number of fused-ring (bicyclic) bond motifs is 1. The standard InChI is InChI=1S/C32H45N3O3/c1-22(19-32(2,3)4)18-28(34(5)31(37)38)30(36)33-27-17-16-25-20-35(21-26(25)27)29(23-12-8-6-9-13-23)24-14-10-7-11-15-24/h6-15,22,25-29H,16-21H2,1-5H3,(H,33,36)(H,37,38)/t22?,25-,26+,27+,28-/m0/s1. The van der Waals surface area contributed by atoms with Crippen molar-refractivity contribution in [2.24, 2.45) is 23.2 Å². The van der Waals surface area contributed by atoms with E-state index in [0.29, 0.717) is 18.3 Å². The van der Waals surface area contributed by atoms with Crippen LogP contribution in [0.1, 0.15) is 70.5 Å². The maximum absolute atomic E-state index is 13.6. The molecule has 206 valence electrons. The van der Waals surface area contributed by atoms with E-state index in [1.54, 1.807) is 0 Å². The Kier molecular flexibility index (Phi) is 8.81. The van der Waals surface area contributed by atoms with E-state index in [4.69, 9.17) is 0 Å². The van der Waals surface area contributed by atoms with Gasteiger partial charge >= 0.3 is 6.09 Å². The first-order valence-corrected chi connectivity index (χ1v) is 14.1. The lowest BCUT2D eigenvalue weighted by atomic mass is 9.82. The quantitative estimate of drug-likeness (QED) is 0.423. The van der Waals surface area contributed by atoms with Crippen LogP contribution in [0.15, 0.2) is 60.7 Å². The third-order valence-electron chi connectivity index (χ3n) is 8.47. The van der Waals surface area contributed by atoms with Crippen LogP contribution in [0.2, 0.25) is 0 Å². The average Bonchev–Trinajstić information content (AvgIpc) is 3.44. The normalized spacial score (nSPS) is 23.2. The van der Waals surface area contributed by atoms with Crippen LogP contribution in [0.4, 0.5) is 4.79 Å². The lowest BCUT2D eigenvalue weighted by Crippen LogP contribution is -2.52. The lowest BCUT2D eigenvalue weighted by molar-refractivity contribution is -0.127. The maximum Gasteiger partial charge on any atom is 0.407 e. The molecule has 4 rings (SSSR count). The molecule has 0 radical (unpaired) electrons. The first-order chi connectivity index (χ1) is 18.0. The summed E-state index contributed by atoms with van der Waals surface area (Å²) in [4.78, 5) is 29.2. The Balaban J connectivity index is 1.47. The second-order valence-electron chi connectivity index (χ2n) is 12.8. The molecule has 1 unspecified atom stereocenters. The zero-order valence-electron chi connectivity index (χ0n) is 23.6. The SMILES string of the molecule is CC(C[C@@H](C(=O)N[C@@H]1CC[C@H]2CN(C(c3ccccc3)c3ccccc3)C[C@H]21)N(C)C(=O)O)CC(C)(C)C. The van der Waals surface area contributed by atoms with E-state index in [2.05, 4.69) is 98.6 Å². The number of likely N-dealkylation sites (N-methyl/N-ethyl adjacent to an activating group) is 1. The molecular weight excluding hydrogens is 474 g/mol. The van der Waals surface area contributed by atoms with Crippen LogP contribution in [0, 0.1) is 23.2 Å². The van der Waals surface area contributed by atoms with Gasteiger partial charge in [-0.2, -0.15) is 0 Å². The third-order valence-corrected chi connectivity index (χ3v) is 8.47. The van der Waals surface area contributed by atoms with Crippen molar-refractivity contribution in [1.29, 1.82) is 0 Å². The third kappa shape index (κ3) is 6.76. The fraction of sp³-hybridized carbons (Fsp3) is 0.562. The number of hydrogen-bond acceptors (Lipinski definition) is 3. The van der Waals surface area contributed by atoms with Crippen molar-refractivity contribution in [2.45, 2.75) is 71.5 Å².